The number of carboxylic acid groups (broad SMARTS) is 2. The lowest BCUT2D eigenvalue weighted by atomic mass is 10.1. The van der Waals surface area contributed by atoms with Crippen molar-refractivity contribution in [2.45, 2.75) is 38.5 Å². The minimum Gasteiger partial charge on any atom is -0.550 e. The van der Waals surface area contributed by atoms with Gasteiger partial charge in [0.15, 0.2) is 6.54 Å². The topological polar surface area (TPSA) is 127 Å². The molecule has 0 aliphatic rings. The average molecular weight is 431 g/mol. The standard InChI is InChI=1S/C15H20ClNO4.C5H11NO2/c16-11-7-8-13(18)12(10-11)15(21)17-9-5-3-1-2-4-6-14(19)20;1-6(2,3)4-5(7)8/h7-8,10,18H,1-6,9H2,(H,17,21)(H,19,20);4H2,1-3H3. The van der Waals surface area contributed by atoms with Gasteiger partial charge in [0.25, 0.3) is 5.91 Å². The third-order valence-corrected chi connectivity index (χ3v) is 3.89. The van der Waals surface area contributed by atoms with E-state index in [4.69, 9.17) is 16.7 Å². The van der Waals surface area contributed by atoms with Crippen molar-refractivity contribution >= 4 is 29.4 Å². The highest BCUT2D eigenvalue weighted by molar-refractivity contribution is 6.31. The van der Waals surface area contributed by atoms with E-state index in [9.17, 15) is 24.6 Å². The number of aliphatic carboxylic acids is 2. The molecule has 0 radical (unpaired) electrons. The first-order valence-electron chi connectivity index (χ1n) is 9.41. The van der Waals surface area contributed by atoms with Crippen LogP contribution in [0.15, 0.2) is 18.2 Å². The molecule has 0 spiro atoms. The van der Waals surface area contributed by atoms with E-state index in [1.165, 1.54) is 18.2 Å². The zero-order valence-corrected chi connectivity index (χ0v) is 18.0. The molecule has 164 valence electrons. The molecule has 0 saturated heterocycles. The Labute approximate surface area is 176 Å². The van der Waals surface area contributed by atoms with Gasteiger partial charge in [0.2, 0.25) is 0 Å². The van der Waals surface area contributed by atoms with Crippen molar-refractivity contribution in [3.8, 4) is 5.75 Å². The predicted octanol–water partition coefficient (Wildman–Crippen LogP) is 1.64. The van der Waals surface area contributed by atoms with Crippen LogP contribution in [-0.4, -0.2) is 66.8 Å². The molecule has 0 aliphatic carbocycles. The van der Waals surface area contributed by atoms with Crippen molar-refractivity contribution in [1.82, 2.24) is 5.32 Å². The SMILES string of the molecule is C[N+](C)(C)CC(=O)O.O=C([O-])CCCCCCCNC(=O)c1cc(Cl)ccc1O. The molecule has 1 rings (SSSR count). The fourth-order valence-electron chi connectivity index (χ4n) is 2.32. The van der Waals surface area contributed by atoms with Crippen LogP contribution in [0.25, 0.3) is 0 Å². The Bertz CT molecular complexity index is 673. The summed E-state index contributed by atoms with van der Waals surface area (Å²) >= 11 is 5.78. The molecule has 0 heterocycles. The number of phenolic OH excluding ortho intramolecular Hbond substituents is 1. The maximum atomic E-state index is 11.8. The molecule has 0 fully saturated rings. The first-order valence-corrected chi connectivity index (χ1v) is 9.79. The highest BCUT2D eigenvalue weighted by Crippen LogP contribution is 2.21. The molecule has 0 bridgehead atoms. The van der Waals surface area contributed by atoms with Gasteiger partial charge in [-0.15, -0.1) is 0 Å². The number of carboxylic acids is 2. The van der Waals surface area contributed by atoms with E-state index >= 15 is 0 Å². The maximum absolute atomic E-state index is 11.8. The van der Waals surface area contributed by atoms with Gasteiger partial charge in [0.1, 0.15) is 5.75 Å². The predicted molar refractivity (Wildman–Crippen MR) is 109 cm³/mol. The lowest BCUT2D eigenvalue weighted by Crippen LogP contribution is -2.39. The number of benzene rings is 1. The molecule has 0 unspecified atom stereocenters. The second kappa shape index (κ2) is 13.8. The summed E-state index contributed by atoms with van der Waals surface area (Å²) in [7, 11) is 5.52. The van der Waals surface area contributed by atoms with E-state index in [0.29, 0.717) is 22.5 Å². The molecule has 1 aromatic rings. The Hall–Kier alpha value is -2.32. The van der Waals surface area contributed by atoms with Gasteiger partial charge in [0.05, 0.1) is 26.7 Å². The molecule has 0 aliphatic heterocycles. The first kappa shape index (κ1) is 26.7. The molecule has 0 aromatic heterocycles. The number of carbonyl (C=O) groups excluding carboxylic acids is 2. The summed E-state index contributed by atoms with van der Waals surface area (Å²) in [5.74, 6) is -2.22. The minimum atomic E-state index is -1.01. The zero-order valence-electron chi connectivity index (χ0n) is 17.2. The summed E-state index contributed by atoms with van der Waals surface area (Å²) in [6, 6.07) is 4.32. The van der Waals surface area contributed by atoms with Crippen LogP contribution in [0.2, 0.25) is 5.02 Å². The van der Waals surface area contributed by atoms with E-state index < -0.39 is 11.9 Å². The van der Waals surface area contributed by atoms with Gasteiger partial charge in [-0.05, 0) is 37.5 Å². The summed E-state index contributed by atoms with van der Waals surface area (Å²) in [6.07, 6.45) is 4.21. The number of nitrogens with zero attached hydrogens (tertiary/aromatic N) is 1. The first-order chi connectivity index (χ1) is 13.4. The maximum Gasteiger partial charge on any atom is 0.359 e. The second-order valence-electron chi connectivity index (χ2n) is 7.65. The molecule has 0 saturated carbocycles. The molecule has 29 heavy (non-hydrogen) atoms. The number of quaternary nitrogens is 1. The van der Waals surface area contributed by atoms with Gasteiger partial charge < -0.3 is 29.9 Å². The van der Waals surface area contributed by atoms with Crippen molar-refractivity contribution in [1.29, 1.82) is 0 Å². The van der Waals surface area contributed by atoms with Gasteiger partial charge in [0, 0.05) is 17.5 Å². The largest absolute Gasteiger partial charge is 0.550 e. The summed E-state index contributed by atoms with van der Waals surface area (Å²) < 4.78 is 0.481. The van der Waals surface area contributed by atoms with Gasteiger partial charge in [-0.3, -0.25) is 4.79 Å². The Kier molecular flexibility index (Phi) is 12.7. The van der Waals surface area contributed by atoms with Crippen LogP contribution >= 0.6 is 11.6 Å². The summed E-state index contributed by atoms with van der Waals surface area (Å²) in [5, 5.41) is 31.1. The molecule has 3 N–H and O–H groups in total. The van der Waals surface area contributed by atoms with E-state index in [-0.39, 0.29) is 30.2 Å². The highest BCUT2D eigenvalue weighted by atomic mass is 35.5. The van der Waals surface area contributed by atoms with Gasteiger partial charge in [-0.25, -0.2) is 4.79 Å². The summed E-state index contributed by atoms with van der Waals surface area (Å²) in [6.45, 7) is 0.686. The lowest BCUT2D eigenvalue weighted by molar-refractivity contribution is -0.862. The number of likely N-dealkylation sites (N-methyl/N-ethyl adjacent to an activating group) is 1. The number of halogens is 1. The Morgan fingerprint density at radius 2 is 1.66 bits per heavy atom. The molecule has 1 amide bonds. The third-order valence-electron chi connectivity index (χ3n) is 3.66. The van der Waals surface area contributed by atoms with Gasteiger partial charge in [-0.1, -0.05) is 30.9 Å². The van der Waals surface area contributed by atoms with Crippen LogP contribution in [-0.2, 0) is 9.59 Å². The van der Waals surface area contributed by atoms with Crippen LogP contribution < -0.4 is 10.4 Å². The summed E-state index contributed by atoms with van der Waals surface area (Å²) in [4.78, 5) is 32.0. The fraction of sp³-hybridized carbons (Fsp3) is 0.550. The number of carbonyl (C=O) groups is 3. The highest BCUT2D eigenvalue weighted by Gasteiger charge is 2.11. The molecule has 0 atom stereocenters. The Morgan fingerprint density at radius 1 is 1.07 bits per heavy atom. The number of unbranched alkanes of at least 4 members (excludes halogenated alkanes) is 4. The summed E-state index contributed by atoms with van der Waals surface area (Å²) in [5.41, 5.74) is 0.163. The van der Waals surface area contributed by atoms with Crippen molar-refractivity contribution in [3.05, 3.63) is 28.8 Å². The Balaban J connectivity index is 0.000000828. The molecule has 9 heteroatoms. The third kappa shape index (κ3) is 15.3. The lowest BCUT2D eigenvalue weighted by Gasteiger charge is -2.20. The van der Waals surface area contributed by atoms with Gasteiger partial charge >= 0.3 is 5.97 Å². The normalized spacial score (nSPS) is 10.6. The smallest absolute Gasteiger partial charge is 0.359 e. The Morgan fingerprint density at radius 3 is 2.17 bits per heavy atom. The molecular formula is C20H31ClN2O6. The quantitative estimate of drug-likeness (QED) is 0.362. The van der Waals surface area contributed by atoms with E-state index in [2.05, 4.69) is 5.32 Å². The number of hydrogen-bond donors (Lipinski definition) is 3. The van der Waals surface area contributed by atoms with Crippen molar-refractivity contribution < 1.29 is 34.2 Å². The van der Waals surface area contributed by atoms with Gasteiger partial charge in [-0.2, -0.15) is 0 Å². The van der Waals surface area contributed by atoms with E-state index in [1.54, 1.807) is 0 Å². The number of hydrogen-bond acceptors (Lipinski definition) is 5. The van der Waals surface area contributed by atoms with Crippen LogP contribution in [0.1, 0.15) is 48.9 Å². The number of phenols is 1. The van der Waals surface area contributed by atoms with Crippen molar-refractivity contribution in [2.24, 2.45) is 0 Å². The number of rotatable bonds is 11. The average Bonchev–Trinajstić information content (AvgIpc) is 2.57. The number of nitrogens with one attached hydrogen (secondary N) is 1. The van der Waals surface area contributed by atoms with Crippen LogP contribution in [0.3, 0.4) is 0 Å². The van der Waals surface area contributed by atoms with Crippen molar-refractivity contribution in [3.63, 3.8) is 0 Å². The molecule has 8 nitrogen and oxygen atoms in total. The van der Waals surface area contributed by atoms with Crippen molar-refractivity contribution in [2.75, 3.05) is 34.2 Å². The fourth-order valence-corrected chi connectivity index (χ4v) is 2.49. The number of amides is 1. The molecular weight excluding hydrogens is 400 g/mol. The van der Waals surface area contributed by atoms with Crippen LogP contribution in [0.4, 0.5) is 0 Å². The zero-order chi connectivity index (χ0) is 22.4. The monoisotopic (exact) mass is 430 g/mol. The van der Waals surface area contributed by atoms with Crippen LogP contribution in [0.5, 0.6) is 5.75 Å². The number of aromatic hydroxyl groups is 1. The van der Waals surface area contributed by atoms with E-state index in [0.717, 1.165) is 25.7 Å². The van der Waals surface area contributed by atoms with Crippen LogP contribution in [0, 0.1) is 0 Å². The molecule has 1 aromatic carbocycles. The second-order valence-corrected chi connectivity index (χ2v) is 8.09. The van der Waals surface area contributed by atoms with E-state index in [1.807, 2.05) is 21.1 Å². The minimum absolute atomic E-state index is 0.0980.